The summed E-state index contributed by atoms with van der Waals surface area (Å²) in [6, 6.07) is 40.1. The van der Waals surface area contributed by atoms with Gasteiger partial charge in [-0.15, -0.1) is 23.2 Å². The Hall–Kier alpha value is -12.9. The summed E-state index contributed by atoms with van der Waals surface area (Å²) in [5.74, 6) is -9.29. The third kappa shape index (κ3) is 27.6. The minimum absolute atomic E-state index is 0.0217. The second-order valence-corrected chi connectivity index (χ2v) is 29.6. The third-order valence-corrected chi connectivity index (χ3v) is 19.8. The summed E-state index contributed by atoms with van der Waals surface area (Å²) in [7, 11) is 2.08. The number of unbranched alkanes of at least 4 members (excludes halogenated alkanes) is 1. The molecule has 6 amide bonds. The molecule has 0 spiro atoms. The van der Waals surface area contributed by atoms with Crippen molar-refractivity contribution in [3.8, 4) is 33.8 Å². The summed E-state index contributed by atoms with van der Waals surface area (Å²) in [6.45, 7) is 6.09. The number of esters is 8. The molecule has 3 aliphatic heterocycles. The van der Waals surface area contributed by atoms with Crippen molar-refractivity contribution in [2.75, 3.05) is 76.2 Å². The van der Waals surface area contributed by atoms with Gasteiger partial charge in [0, 0.05) is 99.0 Å². The molecule has 6 aromatic carbocycles. The molecule has 127 heavy (non-hydrogen) atoms. The van der Waals surface area contributed by atoms with Gasteiger partial charge in [0.2, 0.25) is 36.6 Å². The number of nitrogens with one attached hydrogen (secondary N) is 5. The van der Waals surface area contributed by atoms with Crippen molar-refractivity contribution >= 4 is 119 Å². The molecule has 40 heteroatoms. The molecular weight excluding hydrogens is 1710 g/mol. The Kier molecular flexibility index (Phi) is 37.0. The number of amides is 6. The average Bonchev–Trinajstić information content (AvgIpc) is 1.76. The van der Waals surface area contributed by atoms with Gasteiger partial charge in [-0.25, -0.2) is 28.8 Å². The van der Waals surface area contributed by atoms with Crippen molar-refractivity contribution in [1.29, 1.82) is 0 Å². The summed E-state index contributed by atoms with van der Waals surface area (Å²) >= 11 is 9.53. The van der Waals surface area contributed by atoms with Crippen LogP contribution in [0.3, 0.4) is 0 Å². The number of hydrogen-bond donors (Lipinski definition) is 7. The number of methoxy groups -OCH3 is 2. The summed E-state index contributed by atoms with van der Waals surface area (Å²) in [4.78, 5) is 178. The molecule has 0 saturated carbocycles. The van der Waals surface area contributed by atoms with Crippen LogP contribution in [0.4, 0.5) is 30.6 Å². The molecule has 0 aromatic heterocycles. The van der Waals surface area contributed by atoms with Gasteiger partial charge in [0.05, 0.1) is 30.9 Å². The molecule has 3 saturated heterocycles. The van der Waals surface area contributed by atoms with Crippen molar-refractivity contribution in [2.24, 2.45) is 0 Å². The molecule has 2 aliphatic carbocycles. The predicted octanol–water partition coefficient (Wildman–Crippen LogP) is 8.72. The molecule has 3 fully saturated rings. The Morgan fingerprint density at radius 1 is 0.441 bits per heavy atom. The Balaban J connectivity index is 0.000000278. The first-order valence-electron chi connectivity index (χ1n) is 40.1. The highest BCUT2D eigenvalue weighted by Gasteiger charge is 2.58. The molecule has 0 radical (unpaired) electrons. The molecule has 5 aliphatic rings. The van der Waals surface area contributed by atoms with E-state index in [1.807, 2.05) is 97.1 Å². The van der Waals surface area contributed by atoms with Gasteiger partial charge in [0.25, 0.3) is 0 Å². The zero-order valence-corrected chi connectivity index (χ0v) is 71.9. The lowest BCUT2D eigenvalue weighted by molar-refractivity contribution is -0.282. The lowest BCUT2D eigenvalue weighted by Crippen LogP contribution is -2.64. The lowest BCUT2D eigenvalue weighted by atomic mass is 9.97. The minimum Gasteiger partial charge on any atom is -0.467 e. The van der Waals surface area contributed by atoms with E-state index in [0.29, 0.717) is 43.4 Å². The Morgan fingerprint density at radius 2 is 0.787 bits per heavy atom. The third-order valence-electron chi connectivity index (χ3n) is 19.8. The molecule has 3 heterocycles. The largest absolute Gasteiger partial charge is 0.467 e. The van der Waals surface area contributed by atoms with Gasteiger partial charge in [-0.05, 0) is 106 Å². The number of anilines is 2. The molecule has 11 atom stereocenters. The van der Waals surface area contributed by atoms with E-state index in [-0.39, 0.29) is 106 Å². The van der Waals surface area contributed by atoms with Gasteiger partial charge in [0.1, 0.15) is 44.2 Å². The standard InChI is InChI=1S/C43H47N3O16.C43H49N3O16.CH2Cl2/c1-23(47)58-36-37(59-24(2)48)39(60-25(3)49)41(62-38(36)40(52)55-4)61-33-16-15-26(21-57-43(54)46-19-9-14-35(46)51)20-32(33)45-34(50)17-18-44-42(53)56-22-31-29-12-7-5-10-27(29)28-11-6-8-13-30(28)31;1-24(48)58-36-37(59-25(2)49)39(60-26(3)50)41(62-38(36)40(52)55-4)61-34-16-15-27(22-56-42(53)44-18-9-10-20-47)21-33(34)46-35(51)17-19-45-43(54)57-23-32-30-13-7-5-11-28(30)29-12-6-8-14-31(29)32;2-1-3/h5-8,10-13,15-16,20,31,35-39,41,51H,9,14,17-19,21-22H2,1-4H3,(H,44,53)(H,45,50);5-8,11-16,21,32,36-39,41,47H,9-10,17-20,22-23H2,1-4H3,(H,44,53)(H,45,54)(H,46,51);1H2/t35?,36-,37-,38-,39+,41?;36-,37-,38-,39+,41?;/m00./s1. The van der Waals surface area contributed by atoms with Gasteiger partial charge in [-0.1, -0.05) is 109 Å². The van der Waals surface area contributed by atoms with Crippen LogP contribution in [0.5, 0.6) is 11.5 Å². The lowest BCUT2D eigenvalue weighted by Gasteiger charge is -2.43. The van der Waals surface area contributed by atoms with Crippen LogP contribution < -0.4 is 36.1 Å². The fourth-order valence-electron chi connectivity index (χ4n) is 14.4. The number of likely N-dealkylation sites (tertiary alicyclic amines) is 1. The summed E-state index contributed by atoms with van der Waals surface area (Å²) in [6.07, 6.45) is -19.4. The van der Waals surface area contributed by atoms with E-state index in [9.17, 15) is 72.2 Å². The number of hydrogen-bond acceptors (Lipinski definition) is 32. The fraction of sp³-hybridized carbons (Fsp3) is 0.425. The van der Waals surface area contributed by atoms with Gasteiger partial charge >= 0.3 is 72.1 Å². The van der Waals surface area contributed by atoms with Gasteiger partial charge < -0.3 is 113 Å². The second-order valence-electron chi connectivity index (χ2n) is 28.7. The van der Waals surface area contributed by atoms with E-state index in [1.165, 1.54) is 41.3 Å². The second kappa shape index (κ2) is 48.0. The molecule has 7 N–H and O–H groups in total. The number of halogens is 2. The first kappa shape index (κ1) is 97.9. The van der Waals surface area contributed by atoms with Crippen LogP contribution in [0.1, 0.15) is 125 Å². The molecule has 0 bridgehead atoms. The van der Waals surface area contributed by atoms with E-state index < -0.39 is 152 Å². The number of alkyl carbamates (subject to hydrolysis) is 3. The van der Waals surface area contributed by atoms with Crippen LogP contribution in [-0.2, 0) is 127 Å². The van der Waals surface area contributed by atoms with Crippen molar-refractivity contribution < 1.29 is 153 Å². The van der Waals surface area contributed by atoms with Gasteiger partial charge in [0.15, 0.2) is 36.6 Å². The number of alkyl halides is 2. The molecule has 6 aromatic rings. The van der Waals surface area contributed by atoms with Crippen LogP contribution in [0, 0.1) is 0 Å². The maximum absolute atomic E-state index is 13.4. The van der Waals surface area contributed by atoms with E-state index in [1.54, 1.807) is 0 Å². The van der Waals surface area contributed by atoms with E-state index in [0.717, 1.165) is 100 Å². The highest BCUT2D eigenvalue weighted by molar-refractivity contribution is 6.40. The number of ether oxygens (including phenoxy) is 16. The number of nitrogens with zero attached hydrogens (tertiary/aromatic N) is 1. The Labute approximate surface area is 738 Å². The van der Waals surface area contributed by atoms with Crippen LogP contribution in [0.25, 0.3) is 22.3 Å². The Bertz CT molecular complexity index is 4830. The van der Waals surface area contributed by atoms with Gasteiger partial charge in [-0.2, -0.15) is 0 Å². The van der Waals surface area contributed by atoms with Crippen molar-refractivity contribution in [2.45, 2.75) is 173 Å². The normalized spacial score (nSPS) is 19.7. The first-order valence-corrected chi connectivity index (χ1v) is 41.1. The molecule has 682 valence electrons. The Morgan fingerprint density at radius 3 is 1.14 bits per heavy atom. The number of benzene rings is 6. The van der Waals surface area contributed by atoms with Crippen LogP contribution in [0.2, 0.25) is 0 Å². The monoisotopic (exact) mass is 1810 g/mol. The van der Waals surface area contributed by atoms with Crippen molar-refractivity contribution in [1.82, 2.24) is 20.9 Å². The van der Waals surface area contributed by atoms with E-state index >= 15 is 0 Å². The van der Waals surface area contributed by atoms with Crippen LogP contribution in [-0.4, -0.2) is 232 Å². The molecule has 38 nitrogen and oxygen atoms in total. The number of carbonyl (C=O) groups excluding carboxylic acids is 14. The maximum atomic E-state index is 13.4. The fourth-order valence-corrected chi connectivity index (χ4v) is 14.4. The summed E-state index contributed by atoms with van der Waals surface area (Å²) < 4.78 is 88.0. The first-order chi connectivity index (χ1) is 60.9. The average molecular weight is 1810 g/mol. The zero-order valence-electron chi connectivity index (χ0n) is 70.4. The number of aliphatic hydroxyl groups is 2. The summed E-state index contributed by atoms with van der Waals surface area (Å²) in [5.41, 5.74) is 9.10. The molecular formula is C87H98Cl2N6O32. The SMILES string of the molecule is COC(=O)[C@H]1OC(Oc2ccc(COC(=O)N3CCCC3O)cc2NC(=O)CCNC(=O)OCC2c3ccccc3-c3ccccc32)[C@H](OC(C)=O)[C@@H](OC(C)=O)[C@@H]1OC(C)=O.COC(=O)[C@H]1OC(Oc2ccc(COC(=O)NCCCCO)cc2NC(=O)CCNC(=O)OCC2c3ccccc3-c3ccccc32)[C@H](OC(C)=O)[C@@H](OC(C)=O)[C@@H]1OC(C)=O.ClCCl. The summed E-state index contributed by atoms with van der Waals surface area (Å²) in [5, 5.41) is 32.4. The number of aliphatic hydroxyl groups excluding tert-OH is 2. The highest BCUT2D eigenvalue weighted by Crippen LogP contribution is 2.47. The zero-order chi connectivity index (χ0) is 92.0. The van der Waals surface area contributed by atoms with Gasteiger partial charge in [-0.3, -0.25) is 43.3 Å². The number of carbonyl (C=O) groups is 14. The van der Waals surface area contributed by atoms with Crippen LogP contribution in [0.15, 0.2) is 133 Å². The molecule has 3 unspecified atom stereocenters. The smallest absolute Gasteiger partial charge is 0.412 e. The number of rotatable bonds is 32. The van der Waals surface area contributed by atoms with Crippen LogP contribution >= 0.6 is 23.2 Å². The topological polar surface area (TPSA) is 491 Å². The predicted molar refractivity (Wildman–Crippen MR) is 445 cm³/mol. The molecule has 11 rings (SSSR count). The van der Waals surface area contributed by atoms with E-state index in [4.69, 9.17) is 104 Å². The minimum atomic E-state index is -1.76. The van der Waals surface area contributed by atoms with Crippen molar-refractivity contribution in [3.05, 3.63) is 167 Å². The van der Waals surface area contributed by atoms with Crippen molar-refractivity contribution in [3.63, 3.8) is 0 Å². The maximum Gasteiger partial charge on any atom is 0.412 e. The quantitative estimate of drug-likeness (QED) is 0.00897. The van der Waals surface area contributed by atoms with E-state index in [2.05, 4.69) is 26.6 Å². The highest BCUT2D eigenvalue weighted by atomic mass is 35.5. The number of fused-ring (bicyclic) bond motifs is 6.